The molecule has 2 aromatic rings. The number of hydrogen-bond donors (Lipinski definition) is 1. The van der Waals surface area contributed by atoms with E-state index in [0.717, 1.165) is 32.7 Å². The van der Waals surface area contributed by atoms with Crippen molar-refractivity contribution in [3.05, 3.63) is 58.1 Å². The van der Waals surface area contributed by atoms with Gasteiger partial charge in [-0.2, -0.15) is 0 Å². The second-order valence-corrected chi connectivity index (χ2v) is 7.35. The first-order valence-corrected chi connectivity index (χ1v) is 9.56. The van der Waals surface area contributed by atoms with Crippen molar-refractivity contribution in [3.63, 3.8) is 0 Å². The number of aryl methyl sites for hydroxylation is 1. The molecule has 0 saturated carbocycles. The standard InChI is InChI=1S/C20H23Cl2N3O/c1-15-4-2-5-16(14-15)25-12-10-24(11-13-25)9-8-19(26)23-18-7-3-6-17(21)20(18)22/h2-7,14H,8-13H2,1H3,(H,23,26). The molecule has 6 heteroatoms. The number of benzene rings is 2. The summed E-state index contributed by atoms with van der Waals surface area (Å²) in [5, 5.41) is 3.66. The van der Waals surface area contributed by atoms with E-state index in [0.29, 0.717) is 22.2 Å². The minimum atomic E-state index is -0.0460. The van der Waals surface area contributed by atoms with Crippen LogP contribution in [0, 0.1) is 6.92 Å². The summed E-state index contributed by atoms with van der Waals surface area (Å²) in [5.74, 6) is -0.0460. The van der Waals surface area contributed by atoms with Crippen molar-refractivity contribution < 1.29 is 4.79 Å². The van der Waals surface area contributed by atoms with Gasteiger partial charge in [0.15, 0.2) is 0 Å². The number of nitrogens with one attached hydrogen (secondary N) is 1. The minimum Gasteiger partial charge on any atom is -0.369 e. The van der Waals surface area contributed by atoms with Crippen molar-refractivity contribution in [2.24, 2.45) is 0 Å². The van der Waals surface area contributed by atoms with Crippen LogP contribution in [0.15, 0.2) is 42.5 Å². The Morgan fingerprint density at radius 1 is 1.08 bits per heavy atom. The zero-order chi connectivity index (χ0) is 18.5. The molecule has 0 aromatic heterocycles. The number of piperazine rings is 1. The molecule has 1 aliphatic heterocycles. The molecule has 1 fully saturated rings. The molecule has 3 rings (SSSR count). The first-order chi connectivity index (χ1) is 12.5. The van der Waals surface area contributed by atoms with Gasteiger partial charge in [0.1, 0.15) is 0 Å². The van der Waals surface area contributed by atoms with Crippen molar-refractivity contribution in [3.8, 4) is 0 Å². The van der Waals surface area contributed by atoms with Gasteiger partial charge in [0, 0.05) is 44.8 Å². The van der Waals surface area contributed by atoms with Crippen LogP contribution in [0.3, 0.4) is 0 Å². The lowest BCUT2D eigenvalue weighted by Gasteiger charge is -2.36. The molecule has 1 aliphatic rings. The van der Waals surface area contributed by atoms with Gasteiger partial charge in [-0.25, -0.2) is 0 Å². The quantitative estimate of drug-likeness (QED) is 0.817. The van der Waals surface area contributed by atoms with E-state index in [1.165, 1.54) is 11.3 Å². The predicted molar refractivity (Wildman–Crippen MR) is 110 cm³/mol. The van der Waals surface area contributed by atoms with Crippen LogP contribution in [0.1, 0.15) is 12.0 Å². The lowest BCUT2D eigenvalue weighted by molar-refractivity contribution is -0.116. The van der Waals surface area contributed by atoms with E-state index in [1.807, 2.05) is 0 Å². The lowest BCUT2D eigenvalue weighted by atomic mass is 10.2. The van der Waals surface area contributed by atoms with Crippen LogP contribution < -0.4 is 10.2 Å². The van der Waals surface area contributed by atoms with Crippen LogP contribution in [-0.2, 0) is 4.79 Å². The number of amides is 1. The molecular weight excluding hydrogens is 369 g/mol. The highest BCUT2D eigenvalue weighted by Gasteiger charge is 2.18. The summed E-state index contributed by atoms with van der Waals surface area (Å²) in [4.78, 5) is 16.9. The van der Waals surface area contributed by atoms with Crippen molar-refractivity contribution >= 4 is 40.5 Å². The molecule has 1 amide bonds. The van der Waals surface area contributed by atoms with Gasteiger partial charge < -0.3 is 10.2 Å². The fourth-order valence-electron chi connectivity index (χ4n) is 3.13. The topological polar surface area (TPSA) is 35.6 Å². The van der Waals surface area contributed by atoms with Crippen LogP contribution in [0.2, 0.25) is 10.0 Å². The zero-order valence-electron chi connectivity index (χ0n) is 14.8. The molecule has 26 heavy (non-hydrogen) atoms. The molecule has 1 N–H and O–H groups in total. The van der Waals surface area contributed by atoms with Crippen LogP contribution in [0.5, 0.6) is 0 Å². The Bertz CT molecular complexity index is 773. The molecular formula is C20H23Cl2N3O. The SMILES string of the molecule is Cc1cccc(N2CCN(CCC(=O)Nc3cccc(Cl)c3Cl)CC2)c1. The van der Waals surface area contributed by atoms with Gasteiger partial charge in [0.2, 0.25) is 5.91 Å². The van der Waals surface area contributed by atoms with E-state index in [1.54, 1.807) is 18.2 Å². The van der Waals surface area contributed by atoms with E-state index in [9.17, 15) is 4.79 Å². The van der Waals surface area contributed by atoms with Crippen molar-refractivity contribution in [1.82, 2.24) is 4.90 Å². The van der Waals surface area contributed by atoms with E-state index >= 15 is 0 Å². The third-order valence-corrected chi connectivity index (χ3v) is 5.44. The molecule has 4 nitrogen and oxygen atoms in total. The van der Waals surface area contributed by atoms with Crippen LogP contribution in [0.4, 0.5) is 11.4 Å². The summed E-state index contributed by atoms with van der Waals surface area (Å²) < 4.78 is 0. The fourth-order valence-corrected chi connectivity index (χ4v) is 3.47. The molecule has 138 valence electrons. The monoisotopic (exact) mass is 391 g/mol. The van der Waals surface area contributed by atoms with Gasteiger partial charge in [0.25, 0.3) is 0 Å². The van der Waals surface area contributed by atoms with Gasteiger partial charge in [-0.3, -0.25) is 9.69 Å². The Balaban J connectivity index is 1.45. The average Bonchev–Trinajstić information content (AvgIpc) is 2.64. The third kappa shape index (κ3) is 4.91. The van der Waals surface area contributed by atoms with Gasteiger partial charge in [-0.05, 0) is 36.8 Å². The van der Waals surface area contributed by atoms with E-state index in [2.05, 4.69) is 46.3 Å². The lowest BCUT2D eigenvalue weighted by Crippen LogP contribution is -2.47. The highest BCUT2D eigenvalue weighted by Crippen LogP contribution is 2.29. The van der Waals surface area contributed by atoms with Crippen molar-refractivity contribution in [2.75, 3.05) is 42.9 Å². The van der Waals surface area contributed by atoms with Crippen LogP contribution in [0.25, 0.3) is 0 Å². The number of rotatable bonds is 5. The molecule has 0 radical (unpaired) electrons. The van der Waals surface area contributed by atoms with Gasteiger partial charge >= 0.3 is 0 Å². The molecule has 0 unspecified atom stereocenters. The number of carbonyl (C=O) groups excluding carboxylic acids is 1. The molecule has 0 bridgehead atoms. The van der Waals surface area contributed by atoms with Gasteiger partial charge in [0.05, 0.1) is 15.7 Å². The summed E-state index contributed by atoms with van der Waals surface area (Å²) in [7, 11) is 0. The van der Waals surface area contributed by atoms with E-state index in [-0.39, 0.29) is 5.91 Å². The molecule has 0 aliphatic carbocycles. The molecule has 0 atom stereocenters. The van der Waals surface area contributed by atoms with E-state index < -0.39 is 0 Å². The Morgan fingerprint density at radius 3 is 2.54 bits per heavy atom. The Labute approximate surface area is 164 Å². The smallest absolute Gasteiger partial charge is 0.225 e. The first-order valence-electron chi connectivity index (χ1n) is 8.81. The third-order valence-electron chi connectivity index (χ3n) is 4.62. The predicted octanol–water partition coefficient (Wildman–Crippen LogP) is 4.45. The van der Waals surface area contributed by atoms with E-state index in [4.69, 9.17) is 23.2 Å². The number of nitrogens with zero attached hydrogens (tertiary/aromatic N) is 2. The molecule has 1 heterocycles. The highest BCUT2D eigenvalue weighted by molar-refractivity contribution is 6.43. The van der Waals surface area contributed by atoms with Crippen molar-refractivity contribution in [1.29, 1.82) is 0 Å². The summed E-state index contributed by atoms with van der Waals surface area (Å²) in [6, 6.07) is 13.8. The molecule has 2 aromatic carbocycles. The van der Waals surface area contributed by atoms with Gasteiger partial charge in [-0.15, -0.1) is 0 Å². The number of halogens is 2. The average molecular weight is 392 g/mol. The summed E-state index contributed by atoms with van der Waals surface area (Å²) >= 11 is 12.1. The maximum atomic E-state index is 12.2. The second-order valence-electron chi connectivity index (χ2n) is 6.57. The van der Waals surface area contributed by atoms with Crippen LogP contribution >= 0.6 is 23.2 Å². The Hall–Kier alpha value is -1.75. The van der Waals surface area contributed by atoms with Gasteiger partial charge in [-0.1, -0.05) is 41.4 Å². The number of hydrogen-bond acceptors (Lipinski definition) is 3. The zero-order valence-corrected chi connectivity index (χ0v) is 16.4. The number of carbonyl (C=O) groups is 1. The maximum absolute atomic E-state index is 12.2. The Kier molecular flexibility index (Phi) is 6.41. The highest BCUT2D eigenvalue weighted by atomic mass is 35.5. The first kappa shape index (κ1) is 19.0. The largest absolute Gasteiger partial charge is 0.369 e. The number of anilines is 2. The molecule has 1 saturated heterocycles. The summed E-state index contributed by atoms with van der Waals surface area (Å²) in [6.07, 6.45) is 0.438. The van der Waals surface area contributed by atoms with Crippen LogP contribution in [-0.4, -0.2) is 43.5 Å². The Morgan fingerprint density at radius 2 is 1.81 bits per heavy atom. The normalized spacial score (nSPS) is 15.1. The minimum absolute atomic E-state index is 0.0460. The maximum Gasteiger partial charge on any atom is 0.225 e. The second kappa shape index (κ2) is 8.76. The molecule has 0 spiro atoms. The van der Waals surface area contributed by atoms with Crippen molar-refractivity contribution in [2.45, 2.75) is 13.3 Å². The summed E-state index contributed by atoms with van der Waals surface area (Å²) in [6.45, 7) is 6.73. The fraction of sp³-hybridized carbons (Fsp3) is 0.350. The summed E-state index contributed by atoms with van der Waals surface area (Å²) in [5.41, 5.74) is 3.12.